The van der Waals surface area contributed by atoms with Crippen LogP contribution in [0, 0.1) is 11.7 Å². The highest BCUT2D eigenvalue weighted by atomic mass is 19.1. The van der Waals surface area contributed by atoms with Gasteiger partial charge in [0.25, 0.3) is 0 Å². The number of amides is 1. The van der Waals surface area contributed by atoms with Gasteiger partial charge in [-0.2, -0.15) is 0 Å². The van der Waals surface area contributed by atoms with E-state index in [1.165, 1.54) is 12.1 Å². The van der Waals surface area contributed by atoms with E-state index in [2.05, 4.69) is 5.32 Å². The van der Waals surface area contributed by atoms with Gasteiger partial charge in [0, 0.05) is 23.6 Å². The van der Waals surface area contributed by atoms with Gasteiger partial charge in [0.1, 0.15) is 5.82 Å². The summed E-state index contributed by atoms with van der Waals surface area (Å²) in [5.41, 5.74) is 1.81. The van der Waals surface area contributed by atoms with E-state index in [0.29, 0.717) is 17.7 Å². The summed E-state index contributed by atoms with van der Waals surface area (Å²) in [6.07, 6.45) is 0.524. The monoisotopic (exact) mass is 371 g/mol. The van der Waals surface area contributed by atoms with Gasteiger partial charge in [-0.05, 0) is 48.4 Å². The molecule has 0 spiro atoms. The number of carbonyl (C=O) groups is 3. The second-order valence-corrected chi connectivity index (χ2v) is 6.43. The van der Waals surface area contributed by atoms with E-state index in [9.17, 15) is 18.8 Å². The van der Waals surface area contributed by atoms with E-state index in [1.54, 1.807) is 50.2 Å². The number of nitrogens with one attached hydrogen (secondary N) is 1. The highest BCUT2D eigenvalue weighted by molar-refractivity contribution is 5.99. The zero-order valence-electron chi connectivity index (χ0n) is 15.3. The molecule has 0 heterocycles. The molecule has 0 fully saturated rings. The van der Waals surface area contributed by atoms with Crippen LogP contribution < -0.4 is 5.32 Å². The highest BCUT2D eigenvalue weighted by Gasteiger charge is 2.11. The number of Topliss-reactive ketones (excluding diaryl/α,β-unsaturated/α-hetero) is 1. The molecular weight excluding hydrogens is 349 g/mol. The fourth-order valence-electron chi connectivity index (χ4n) is 2.23. The molecule has 6 heteroatoms. The lowest BCUT2D eigenvalue weighted by Gasteiger charge is -2.08. The molecule has 0 saturated carbocycles. The molecular formula is C21H22FNO4. The van der Waals surface area contributed by atoms with Crippen LogP contribution in [-0.2, 0) is 20.7 Å². The van der Waals surface area contributed by atoms with Gasteiger partial charge in [-0.3, -0.25) is 14.4 Å². The van der Waals surface area contributed by atoms with Crippen molar-refractivity contribution in [2.24, 2.45) is 5.92 Å². The third kappa shape index (κ3) is 6.66. The number of benzene rings is 2. The van der Waals surface area contributed by atoms with Crippen LogP contribution in [0.3, 0.4) is 0 Å². The number of ketones is 1. The first-order valence-corrected chi connectivity index (χ1v) is 8.69. The van der Waals surface area contributed by atoms with Crippen LogP contribution in [0.25, 0.3) is 0 Å². The minimum Gasteiger partial charge on any atom is -0.457 e. The molecule has 0 atom stereocenters. The molecule has 0 aliphatic carbocycles. The third-order valence-corrected chi connectivity index (χ3v) is 3.89. The summed E-state index contributed by atoms with van der Waals surface area (Å²) in [4.78, 5) is 35.5. The van der Waals surface area contributed by atoms with Gasteiger partial charge in [0.2, 0.25) is 5.91 Å². The number of halogens is 1. The molecule has 142 valence electrons. The molecule has 2 aromatic carbocycles. The Morgan fingerprint density at radius 1 is 1.00 bits per heavy atom. The molecule has 5 nitrogen and oxygen atoms in total. The largest absolute Gasteiger partial charge is 0.457 e. The van der Waals surface area contributed by atoms with E-state index in [0.717, 1.165) is 5.56 Å². The van der Waals surface area contributed by atoms with Gasteiger partial charge in [0.05, 0.1) is 0 Å². The summed E-state index contributed by atoms with van der Waals surface area (Å²) in [6.45, 7) is 3.23. The molecule has 0 radical (unpaired) electrons. The predicted octanol–water partition coefficient (Wildman–Crippen LogP) is 3.78. The van der Waals surface area contributed by atoms with Crippen molar-refractivity contribution in [1.82, 2.24) is 0 Å². The van der Waals surface area contributed by atoms with E-state index in [4.69, 9.17) is 4.74 Å². The van der Waals surface area contributed by atoms with E-state index in [-0.39, 0.29) is 36.5 Å². The summed E-state index contributed by atoms with van der Waals surface area (Å²) in [5.74, 6) is -1.40. The number of anilines is 1. The zero-order chi connectivity index (χ0) is 19.8. The fourth-order valence-corrected chi connectivity index (χ4v) is 2.23. The molecule has 0 saturated heterocycles. The lowest BCUT2D eigenvalue weighted by molar-refractivity contribution is -0.142. The Balaban J connectivity index is 1.78. The molecule has 1 N–H and O–H groups in total. The van der Waals surface area contributed by atoms with Crippen LogP contribution in [-0.4, -0.2) is 24.3 Å². The first-order chi connectivity index (χ1) is 12.8. The van der Waals surface area contributed by atoms with Crippen LogP contribution in [0.4, 0.5) is 10.1 Å². The number of ether oxygens (including phenoxy) is 1. The van der Waals surface area contributed by atoms with Crippen molar-refractivity contribution in [2.45, 2.75) is 26.7 Å². The Hall–Kier alpha value is -3.02. The SMILES string of the molecule is CC(C)C(=O)Nc1ccc(C(=O)COC(=O)CCc2ccc(F)cc2)cc1. The molecule has 1 amide bonds. The summed E-state index contributed by atoms with van der Waals surface area (Å²) in [7, 11) is 0. The van der Waals surface area contributed by atoms with Gasteiger partial charge in [0.15, 0.2) is 12.4 Å². The standard InChI is InChI=1S/C21H22FNO4/c1-14(2)21(26)23-18-10-6-16(7-11-18)19(24)13-27-20(25)12-5-15-3-8-17(22)9-4-15/h3-4,6-11,14H,5,12-13H2,1-2H3,(H,23,26). The Morgan fingerprint density at radius 2 is 1.63 bits per heavy atom. The summed E-state index contributed by atoms with van der Waals surface area (Å²) < 4.78 is 17.8. The maximum Gasteiger partial charge on any atom is 0.306 e. The Labute approximate surface area is 157 Å². The number of aryl methyl sites for hydroxylation is 1. The van der Waals surface area contributed by atoms with Crippen molar-refractivity contribution in [1.29, 1.82) is 0 Å². The second-order valence-electron chi connectivity index (χ2n) is 6.43. The van der Waals surface area contributed by atoms with Gasteiger partial charge < -0.3 is 10.1 Å². The van der Waals surface area contributed by atoms with Crippen LogP contribution in [0.15, 0.2) is 48.5 Å². The number of rotatable bonds is 8. The lowest BCUT2D eigenvalue weighted by Crippen LogP contribution is -2.18. The van der Waals surface area contributed by atoms with Crippen LogP contribution >= 0.6 is 0 Å². The number of hydrogen-bond acceptors (Lipinski definition) is 4. The maximum atomic E-state index is 12.8. The number of hydrogen-bond donors (Lipinski definition) is 1. The van der Waals surface area contributed by atoms with Gasteiger partial charge in [-0.1, -0.05) is 26.0 Å². The predicted molar refractivity (Wildman–Crippen MR) is 99.9 cm³/mol. The molecule has 0 aliphatic heterocycles. The first kappa shape index (κ1) is 20.3. The molecule has 0 bridgehead atoms. The summed E-state index contributed by atoms with van der Waals surface area (Å²) >= 11 is 0. The van der Waals surface area contributed by atoms with Crippen molar-refractivity contribution >= 4 is 23.3 Å². The number of esters is 1. The van der Waals surface area contributed by atoms with Crippen LogP contribution in [0.2, 0.25) is 0 Å². The average Bonchev–Trinajstić information content (AvgIpc) is 2.66. The Kier molecular flexibility index (Phi) is 7.23. The Bertz CT molecular complexity index is 798. The zero-order valence-corrected chi connectivity index (χ0v) is 15.3. The number of carbonyl (C=O) groups excluding carboxylic acids is 3. The molecule has 2 aromatic rings. The topological polar surface area (TPSA) is 72.5 Å². The molecule has 0 aliphatic rings. The smallest absolute Gasteiger partial charge is 0.306 e. The maximum absolute atomic E-state index is 12.8. The van der Waals surface area contributed by atoms with Crippen LogP contribution in [0.5, 0.6) is 0 Å². The molecule has 27 heavy (non-hydrogen) atoms. The van der Waals surface area contributed by atoms with E-state index < -0.39 is 5.97 Å². The highest BCUT2D eigenvalue weighted by Crippen LogP contribution is 2.12. The minimum absolute atomic E-state index is 0.107. The Morgan fingerprint density at radius 3 is 2.22 bits per heavy atom. The fraction of sp³-hybridized carbons (Fsp3) is 0.286. The average molecular weight is 371 g/mol. The van der Waals surface area contributed by atoms with E-state index >= 15 is 0 Å². The van der Waals surface area contributed by atoms with Gasteiger partial charge >= 0.3 is 5.97 Å². The lowest BCUT2D eigenvalue weighted by atomic mass is 10.1. The van der Waals surface area contributed by atoms with Crippen molar-refractivity contribution in [3.05, 3.63) is 65.5 Å². The quantitative estimate of drug-likeness (QED) is 0.566. The van der Waals surface area contributed by atoms with Gasteiger partial charge in [-0.25, -0.2) is 4.39 Å². The van der Waals surface area contributed by atoms with E-state index in [1.807, 2.05) is 0 Å². The molecule has 0 unspecified atom stereocenters. The first-order valence-electron chi connectivity index (χ1n) is 8.69. The third-order valence-electron chi connectivity index (χ3n) is 3.89. The minimum atomic E-state index is -0.492. The molecule has 0 aromatic heterocycles. The summed E-state index contributed by atoms with van der Waals surface area (Å²) in [5, 5.41) is 2.73. The summed E-state index contributed by atoms with van der Waals surface area (Å²) in [6, 6.07) is 12.3. The van der Waals surface area contributed by atoms with Crippen molar-refractivity contribution in [2.75, 3.05) is 11.9 Å². The van der Waals surface area contributed by atoms with Crippen molar-refractivity contribution < 1.29 is 23.5 Å². The van der Waals surface area contributed by atoms with Crippen LogP contribution in [0.1, 0.15) is 36.2 Å². The van der Waals surface area contributed by atoms with Crippen molar-refractivity contribution in [3.63, 3.8) is 0 Å². The van der Waals surface area contributed by atoms with Crippen molar-refractivity contribution in [3.8, 4) is 0 Å². The second kappa shape index (κ2) is 9.62. The normalized spacial score (nSPS) is 10.5. The molecule has 2 rings (SSSR count). The van der Waals surface area contributed by atoms with Gasteiger partial charge in [-0.15, -0.1) is 0 Å².